The number of nitrogens with zero attached hydrogens (tertiary/aromatic N) is 1. The van der Waals surface area contributed by atoms with Gasteiger partial charge in [-0.1, -0.05) is 25.1 Å². The maximum Gasteiger partial charge on any atom is 0.137 e. The summed E-state index contributed by atoms with van der Waals surface area (Å²) in [5.41, 5.74) is 1.24. The molecule has 0 aromatic heterocycles. The van der Waals surface area contributed by atoms with Crippen molar-refractivity contribution in [3.63, 3.8) is 0 Å². The van der Waals surface area contributed by atoms with Crippen LogP contribution >= 0.6 is 0 Å². The molecule has 2 rings (SSSR count). The van der Waals surface area contributed by atoms with Crippen LogP contribution in [0.5, 0.6) is 0 Å². The predicted molar refractivity (Wildman–Crippen MR) is 62.1 cm³/mol. The van der Waals surface area contributed by atoms with Crippen LogP contribution in [0.3, 0.4) is 0 Å². The summed E-state index contributed by atoms with van der Waals surface area (Å²) in [6.07, 6.45) is 1.69. The second-order valence-corrected chi connectivity index (χ2v) is 4.09. The van der Waals surface area contributed by atoms with Gasteiger partial charge in [0, 0.05) is 31.1 Å². The Morgan fingerprint density at radius 3 is 2.80 bits per heavy atom. The molecule has 1 fully saturated rings. The van der Waals surface area contributed by atoms with Crippen molar-refractivity contribution in [2.24, 2.45) is 5.92 Å². The fraction of sp³-hybridized carbons (Fsp3) is 0.462. The molecule has 0 bridgehead atoms. The van der Waals surface area contributed by atoms with Crippen LogP contribution in [-0.4, -0.2) is 18.9 Å². The van der Waals surface area contributed by atoms with Crippen molar-refractivity contribution in [3.05, 3.63) is 30.3 Å². The minimum atomic E-state index is 0.259. The Morgan fingerprint density at radius 1 is 1.40 bits per heavy atom. The molecule has 2 heteroatoms. The fourth-order valence-electron chi connectivity index (χ4n) is 2.19. The number of anilines is 1. The summed E-state index contributed by atoms with van der Waals surface area (Å²) in [5, 5.41) is 0. The van der Waals surface area contributed by atoms with E-state index in [-0.39, 0.29) is 5.92 Å². The van der Waals surface area contributed by atoms with Gasteiger partial charge in [-0.3, -0.25) is 4.79 Å². The predicted octanol–water partition coefficient (Wildman–Crippen LogP) is 2.49. The number of carbonyl (C=O) groups is 1. The molecule has 1 unspecified atom stereocenters. The number of para-hydroxylation sites is 1. The van der Waals surface area contributed by atoms with E-state index >= 15 is 0 Å². The lowest BCUT2D eigenvalue weighted by Gasteiger charge is -2.17. The minimum Gasteiger partial charge on any atom is -0.371 e. The van der Waals surface area contributed by atoms with Gasteiger partial charge in [0.25, 0.3) is 0 Å². The second kappa shape index (κ2) is 4.47. The third kappa shape index (κ3) is 2.20. The lowest BCUT2D eigenvalue weighted by molar-refractivity contribution is -0.121. The molecular weight excluding hydrogens is 186 g/mol. The van der Waals surface area contributed by atoms with Gasteiger partial charge in [0.05, 0.1) is 0 Å². The van der Waals surface area contributed by atoms with Crippen molar-refractivity contribution in [2.75, 3.05) is 18.0 Å². The van der Waals surface area contributed by atoms with Crippen LogP contribution in [0.15, 0.2) is 30.3 Å². The van der Waals surface area contributed by atoms with Gasteiger partial charge in [0.2, 0.25) is 0 Å². The van der Waals surface area contributed by atoms with Crippen molar-refractivity contribution in [3.8, 4) is 0 Å². The van der Waals surface area contributed by atoms with Crippen LogP contribution in [0.25, 0.3) is 0 Å². The molecule has 1 aromatic carbocycles. The van der Waals surface area contributed by atoms with Gasteiger partial charge in [-0.15, -0.1) is 0 Å². The van der Waals surface area contributed by atoms with E-state index in [0.717, 1.165) is 19.5 Å². The van der Waals surface area contributed by atoms with Crippen LogP contribution in [0.4, 0.5) is 5.69 Å². The Balaban J connectivity index is 2.02. The van der Waals surface area contributed by atoms with E-state index in [4.69, 9.17) is 0 Å². The summed E-state index contributed by atoms with van der Waals surface area (Å²) in [7, 11) is 0. The first-order chi connectivity index (χ1) is 7.31. The standard InChI is InChI=1S/C13H17NO/c1-2-13(15)11-8-9-14(10-11)12-6-4-3-5-7-12/h3-7,11H,2,8-10H2,1H3. The van der Waals surface area contributed by atoms with Gasteiger partial charge in [-0.2, -0.15) is 0 Å². The van der Waals surface area contributed by atoms with E-state index in [9.17, 15) is 4.79 Å². The molecule has 0 spiro atoms. The zero-order valence-corrected chi connectivity index (χ0v) is 9.15. The van der Waals surface area contributed by atoms with Gasteiger partial charge < -0.3 is 4.90 Å². The average molecular weight is 203 g/mol. The molecule has 1 atom stereocenters. The van der Waals surface area contributed by atoms with Crippen LogP contribution in [0.1, 0.15) is 19.8 Å². The van der Waals surface area contributed by atoms with Crippen molar-refractivity contribution in [1.82, 2.24) is 0 Å². The summed E-state index contributed by atoms with van der Waals surface area (Å²) in [4.78, 5) is 13.9. The highest BCUT2D eigenvalue weighted by Gasteiger charge is 2.26. The van der Waals surface area contributed by atoms with E-state index in [0.29, 0.717) is 12.2 Å². The Bertz CT molecular complexity index is 334. The maximum atomic E-state index is 11.6. The SMILES string of the molecule is CCC(=O)C1CCN(c2ccccc2)C1. The Kier molecular flexibility index (Phi) is 3.05. The molecule has 0 radical (unpaired) electrons. The molecule has 1 aromatic rings. The average Bonchev–Trinajstić information content (AvgIpc) is 2.78. The first kappa shape index (κ1) is 10.2. The zero-order chi connectivity index (χ0) is 10.7. The topological polar surface area (TPSA) is 20.3 Å². The van der Waals surface area contributed by atoms with Crippen molar-refractivity contribution in [2.45, 2.75) is 19.8 Å². The maximum absolute atomic E-state index is 11.6. The molecule has 15 heavy (non-hydrogen) atoms. The molecule has 0 aliphatic carbocycles. The highest BCUT2D eigenvalue weighted by atomic mass is 16.1. The molecular formula is C13H17NO. The molecule has 1 heterocycles. The summed E-state index contributed by atoms with van der Waals surface area (Å²) in [6.45, 7) is 3.87. The molecule has 1 saturated heterocycles. The second-order valence-electron chi connectivity index (χ2n) is 4.09. The van der Waals surface area contributed by atoms with Crippen LogP contribution < -0.4 is 4.90 Å². The molecule has 1 aliphatic heterocycles. The lowest BCUT2D eigenvalue weighted by Crippen LogP contribution is -2.22. The summed E-state index contributed by atoms with van der Waals surface area (Å²) in [5.74, 6) is 0.670. The number of hydrogen-bond acceptors (Lipinski definition) is 2. The van der Waals surface area contributed by atoms with E-state index in [1.165, 1.54) is 5.69 Å². The number of Topliss-reactive ketones (excluding diaryl/α,β-unsaturated/α-hetero) is 1. The van der Waals surface area contributed by atoms with Crippen LogP contribution in [0, 0.1) is 5.92 Å². The molecule has 1 aliphatic rings. The van der Waals surface area contributed by atoms with Gasteiger partial charge in [-0.05, 0) is 18.6 Å². The van der Waals surface area contributed by atoms with E-state index in [1.807, 2.05) is 25.1 Å². The normalized spacial score (nSPS) is 20.6. The van der Waals surface area contributed by atoms with Crippen molar-refractivity contribution in [1.29, 1.82) is 0 Å². The number of hydrogen-bond donors (Lipinski definition) is 0. The van der Waals surface area contributed by atoms with E-state index in [2.05, 4.69) is 17.0 Å². The minimum absolute atomic E-state index is 0.259. The Labute approximate surface area is 90.9 Å². The van der Waals surface area contributed by atoms with Gasteiger partial charge >= 0.3 is 0 Å². The number of benzene rings is 1. The third-order valence-electron chi connectivity index (χ3n) is 3.11. The summed E-state index contributed by atoms with van der Waals surface area (Å²) >= 11 is 0. The number of carbonyl (C=O) groups excluding carboxylic acids is 1. The Morgan fingerprint density at radius 2 is 2.13 bits per heavy atom. The van der Waals surface area contributed by atoms with Crippen LogP contribution in [0.2, 0.25) is 0 Å². The molecule has 0 saturated carbocycles. The van der Waals surface area contributed by atoms with E-state index in [1.54, 1.807) is 0 Å². The first-order valence-corrected chi connectivity index (χ1v) is 5.64. The first-order valence-electron chi connectivity index (χ1n) is 5.64. The largest absolute Gasteiger partial charge is 0.371 e. The van der Waals surface area contributed by atoms with Crippen LogP contribution in [-0.2, 0) is 4.79 Å². The molecule has 80 valence electrons. The number of rotatable bonds is 3. The highest BCUT2D eigenvalue weighted by Crippen LogP contribution is 2.24. The van der Waals surface area contributed by atoms with Crippen molar-refractivity contribution < 1.29 is 4.79 Å². The number of ketones is 1. The smallest absolute Gasteiger partial charge is 0.137 e. The molecule has 0 amide bonds. The summed E-state index contributed by atoms with van der Waals surface area (Å²) in [6, 6.07) is 10.3. The fourth-order valence-corrected chi connectivity index (χ4v) is 2.19. The molecule has 2 nitrogen and oxygen atoms in total. The monoisotopic (exact) mass is 203 g/mol. The lowest BCUT2D eigenvalue weighted by atomic mass is 10.0. The zero-order valence-electron chi connectivity index (χ0n) is 9.15. The molecule has 0 N–H and O–H groups in total. The third-order valence-corrected chi connectivity index (χ3v) is 3.11. The summed E-state index contributed by atoms with van der Waals surface area (Å²) < 4.78 is 0. The van der Waals surface area contributed by atoms with Gasteiger partial charge in [0.1, 0.15) is 5.78 Å². The highest BCUT2D eigenvalue weighted by molar-refractivity contribution is 5.82. The van der Waals surface area contributed by atoms with Gasteiger partial charge in [0.15, 0.2) is 0 Å². The van der Waals surface area contributed by atoms with E-state index < -0.39 is 0 Å². The van der Waals surface area contributed by atoms with Crippen molar-refractivity contribution >= 4 is 11.5 Å². The Hall–Kier alpha value is -1.31. The van der Waals surface area contributed by atoms with Gasteiger partial charge in [-0.25, -0.2) is 0 Å². The quantitative estimate of drug-likeness (QED) is 0.752.